The van der Waals surface area contributed by atoms with E-state index >= 15 is 0 Å². The zero-order valence-corrected chi connectivity index (χ0v) is 12.2. The molecule has 3 saturated heterocycles. The van der Waals surface area contributed by atoms with Crippen LogP contribution in [0.2, 0.25) is 0 Å². The minimum Gasteiger partial charge on any atom is -0.481 e. The number of piperidine rings is 1. The van der Waals surface area contributed by atoms with Crippen molar-refractivity contribution in [2.24, 2.45) is 5.92 Å². The summed E-state index contributed by atoms with van der Waals surface area (Å²) in [7, 11) is 0. The predicted octanol–water partition coefficient (Wildman–Crippen LogP) is 0.853. The molecule has 1 N–H and O–H groups in total. The van der Waals surface area contributed by atoms with Crippen molar-refractivity contribution in [3.8, 4) is 0 Å². The van der Waals surface area contributed by atoms with E-state index < -0.39 is 5.97 Å². The van der Waals surface area contributed by atoms with Gasteiger partial charge in [0.05, 0.1) is 0 Å². The SMILES string of the molecule is O=C(O)CC1CC2CCC(C1)N2CCN1C(=O)CCC1=O. The van der Waals surface area contributed by atoms with Crippen molar-refractivity contribution in [2.45, 2.75) is 57.0 Å². The molecule has 2 unspecified atom stereocenters. The van der Waals surface area contributed by atoms with Crippen LogP contribution in [0.25, 0.3) is 0 Å². The van der Waals surface area contributed by atoms with Crippen LogP contribution in [0.5, 0.6) is 0 Å². The third-order valence-electron chi connectivity index (χ3n) is 5.18. The maximum Gasteiger partial charge on any atom is 0.303 e. The van der Waals surface area contributed by atoms with E-state index in [9.17, 15) is 14.4 Å². The number of rotatable bonds is 5. The molecule has 0 spiro atoms. The fourth-order valence-corrected chi connectivity index (χ4v) is 4.25. The summed E-state index contributed by atoms with van der Waals surface area (Å²) in [6, 6.07) is 0.863. The topological polar surface area (TPSA) is 77.9 Å². The molecule has 0 radical (unpaired) electrons. The smallest absolute Gasteiger partial charge is 0.303 e. The molecule has 2 bridgehead atoms. The summed E-state index contributed by atoms with van der Waals surface area (Å²) in [4.78, 5) is 37.9. The summed E-state index contributed by atoms with van der Waals surface area (Å²) in [5.74, 6) is -0.520. The molecule has 3 rings (SSSR count). The molecule has 3 aliphatic rings. The fourth-order valence-electron chi connectivity index (χ4n) is 4.25. The molecule has 0 saturated carbocycles. The van der Waals surface area contributed by atoms with E-state index in [0.717, 1.165) is 32.2 Å². The second-order valence-electron chi connectivity index (χ2n) is 6.50. The largest absolute Gasteiger partial charge is 0.481 e. The lowest BCUT2D eigenvalue weighted by molar-refractivity contribution is -0.140. The molecule has 3 aliphatic heterocycles. The van der Waals surface area contributed by atoms with Gasteiger partial charge in [-0.25, -0.2) is 0 Å². The number of fused-ring (bicyclic) bond motifs is 2. The quantitative estimate of drug-likeness (QED) is 0.761. The summed E-state index contributed by atoms with van der Waals surface area (Å²) in [6.07, 6.45) is 5.07. The number of imide groups is 1. The Hall–Kier alpha value is -1.43. The lowest BCUT2D eigenvalue weighted by Gasteiger charge is -2.39. The molecule has 2 amide bonds. The van der Waals surface area contributed by atoms with Gasteiger partial charge < -0.3 is 5.11 Å². The van der Waals surface area contributed by atoms with Crippen molar-refractivity contribution < 1.29 is 19.5 Å². The third-order valence-corrected chi connectivity index (χ3v) is 5.18. The molecule has 116 valence electrons. The summed E-state index contributed by atoms with van der Waals surface area (Å²) < 4.78 is 0. The first-order chi connectivity index (χ1) is 10.0. The van der Waals surface area contributed by atoms with Gasteiger partial charge in [-0.15, -0.1) is 0 Å². The van der Waals surface area contributed by atoms with E-state index in [0.29, 0.717) is 31.5 Å². The Morgan fingerprint density at radius 3 is 2.14 bits per heavy atom. The number of nitrogens with zero attached hydrogens (tertiary/aromatic N) is 2. The lowest BCUT2D eigenvalue weighted by Crippen LogP contribution is -2.47. The van der Waals surface area contributed by atoms with Crippen molar-refractivity contribution in [3.05, 3.63) is 0 Å². The highest BCUT2D eigenvalue weighted by molar-refractivity contribution is 6.01. The van der Waals surface area contributed by atoms with Gasteiger partial charge in [0.25, 0.3) is 0 Å². The molecule has 0 aromatic carbocycles. The van der Waals surface area contributed by atoms with Crippen LogP contribution in [0, 0.1) is 5.92 Å². The normalized spacial score (nSPS) is 33.0. The maximum absolute atomic E-state index is 11.6. The van der Waals surface area contributed by atoms with Gasteiger partial charge in [0.2, 0.25) is 11.8 Å². The molecule has 0 aromatic heterocycles. The molecule has 6 nitrogen and oxygen atoms in total. The second kappa shape index (κ2) is 5.75. The van der Waals surface area contributed by atoms with E-state index in [-0.39, 0.29) is 24.2 Å². The Morgan fingerprint density at radius 1 is 1.05 bits per heavy atom. The van der Waals surface area contributed by atoms with Crippen LogP contribution in [0.1, 0.15) is 44.9 Å². The number of carbonyl (C=O) groups is 3. The Kier molecular flexibility index (Phi) is 3.97. The van der Waals surface area contributed by atoms with Crippen LogP contribution in [-0.4, -0.2) is 57.9 Å². The summed E-state index contributed by atoms with van der Waals surface area (Å²) in [5.41, 5.74) is 0. The van der Waals surface area contributed by atoms with Crippen molar-refractivity contribution in [2.75, 3.05) is 13.1 Å². The second-order valence-corrected chi connectivity index (χ2v) is 6.50. The minimum atomic E-state index is -0.707. The van der Waals surface area contributed by atoms with Crippen LogP contribution >= 0.6 is 0 Å². The highest BCUT2D eigenvalue weighted by Crippen LogP contribution is 2.39. The van der Waals surface area contributed by atoms with Gasteiger partial charge in [-0.1, -0.05) is 0 Å². The number of amides is 2. The first-order valence-corrected chi connectivity index (χ1v) is 7.85. The maximum atomic E-state index is 11.6. The van der Waals surface area contributed by atoms with E-state index in [1.165, 1.54) is 4.90 Å². The molecule has 6 heteroatoms. The third kappa shape index (κ3) is 2.95. The van der Waals surface area contributed by atoms with Gasteiger partial charge in [0.1, 0.15) is 0 Å². The van der Waals surface area contributed by atoms with Gasteiger partial charge in [-0.05, 0) is 31.6 Å². The molecule has 0 aromatic rings. The molecule has 3 fully saturated rings. The number of hydrogen-bond donors (Lipinski definition) is 1. The fraction of sp³-hybridized carbons (Fsp3) is 0.800. The van der Waals surface area contributed by atoms with Crippen LogP contribution in [0.15, 0.2) is 0 Å². The zero-order valence-electron chi connectivity index (χ0n) is 12.2. The number of carboxylic acid groups (broad SMARTS) is 1. The Balaban J connectivity index is 1.55. The first-order valence-electron chi connectivity index (χ1n) is 7.85. The van der Waals surface area contributed by atoms with Crippen LogP contribution < -0.4 is 0 Å². The molecule has 2 atom stereocenters. The zero-order chi connectivity index (χ0) is 15.0. The van der Waals surface area contributed by atoms with Gasteiger partial charge in [0.15, 0.2) is 0 Å². The number of carboxylic acids is 1. The van der Waals surface area contributed by atoms with Gasteiger partial charge in [-0.2, -0.15) is 0 Å². The Bertz CT molecular complexity index is 435. The lowest BCUT2D eigenvalue weighted by atomic mass is 9.88. The highest BCUT2D eigenvalue weighted by atomic mass is 16.4. The van der Waals surface area contributed by atoms with Gasteiger partial charge in [0, 0.05) is 44.4 Å². The predicted molar refractivity (Wildman–Crippen MR) is 74.4 cm³/mol. The van der Waals surface area contributed by atoms with E-state index in [4.69, 9.17) is 5.11 Å². The van der Waals surface area contributed by atoms with Crippen molar-refractivity contribution in [1.82, 2.24) is 9.80 Å². The molecule has 21 heavy (non-hydrogen) atoms. The van der Waals surface area contributed by atoms with Crippen LogP contribution in [0.3, 0.4) is 0 Å². The van der Waals surface area contributed by atoms with E-state index in [1.807, 2.05) is 0 Å². The number of likely N-dealkylation sites (tertiary alicyclic amines) is 1. The molecule has 0 aliphatic carbocycles. The van der Waals surface area contributed by atoms with Crippen molar-refractivity contribution in [1.29, 1.82) is 0 Å². The molecule has 3 heterocycles. The first kappa shape index (κ1) is 14.5. The Morgan fingerprint density at radius 2 is 1.62 bits per heavy atom. The Labute approximate surface area is 124 Å². The van der Waals surface area contributed by atoms with E-state index in [2.05, 4.69) is 4.90 Å². The number of aliphatic carboxylic acids is 1. The van der Waals surface area contributed by atoms with Crippen molar-refractivity contribution >= 4 is 17.8 Å². The summed E-state index contributed by atoms with van der Waals surface area (Å²) in [5, 5.41) is 8.93. The minimum absolute atomic E-state index is 0.0480. The standard InChI is InChI=1S/C15H22N2O4/c18-13-3-4-14(19)17(13)6-5-16-11-1-2-12(16)8-10(7-11)9-15(20)21/h10-12H,1-9H2,(H,20,21). The van der Waals surface area contributed by atoms with Crippen LogP contribution in [-0.2, 0) is 14.4 Å². The van der Waals surface area contributed by atoms with Crippen molar-refractivity contribution in [3.63, 3.8) is 0 Å². The molecular weight excluding hydrogens is 272 g/mol. The summed E-state index contributed by atoms with van der Waals surface area (Å²) >= 11 is 0. The van der Waals surface area contributed by atoms with Gasteiger partial charge in [-0.3, -0.25) is 24.2 Å². The average molecular weight is 294 g/mol. The highest BCUT2D eigenvalue weighted by Gasteiger charge is 2.41. The number of hydrogen-bond acceptors (Lipinski definition) is 4. The summed E-state index contributed by atoms with van der Waals surface area (Å²) in [6.45, 7) is 1.24. The average Bonchev–Trinajstić information content (AvgIpc) is 2.84. The number of carbonyl (C=O) groups excluding carboxylic acids is 2. The van der Waals surface area contributed by atoms with Crippen LogP contribution in [0.4, 0.5) is 0 Å². The van der Waals surface area contributed by atoms with E-state index in [1.54, 1.807) is 0 Å². The monoisotopic (exact) mass is 294 g/mol. The van der Waals surface area contributed by atoms with Gasteiger partial charge >= 0.3 is 5.97 Å². The molecular formula is C15H22N2O4.